The maximum atomic E-state index is 12.7. The summed E-state index contributed by atoms with van der Waals surface area (Å²) in [5, 5.41) is 8.84. The minimum absolute atomic E-state index is 0.611. The largest absolute Gasteiger partial charge is 0.385 e. The third kappa shape index (κ3) is 1.58. The van der Waals surface area contributed by atoms with Crippen molar-refractivity contribution in [1.82, 2.24) is 0 Å². The van der Waals surface area contributed by atoms with Gasteiger partial charge in [0.05, 0.1) is 5.56 Å². The van der Waals surface area contributed by atoms with Crippen LogP contribution in [0.2, 0.25) is 0 Å². The lowest BCUT2D eigenvalue weighted by Crippen LogP contribution is -2.05. The highest BCUT2D eigenvalue weighted by Crippen LogP contribution is 2.20. The maximum absolute atomic E-state index is 12.7. The summed E-state index contributed by atoms with van der Waals surface area (Å²) in [5.74, 6) is -1.86. The Hall–Kier alpha value is -1.03. The monoisotopic (exact) mass is 176 g/mol. The Kier molecular flexibility index (Phi) is 2.70. The molecule has 12 heavy (non-hydrogen) atoms. The summed E-state index contributed by atoms with van der Waals surface area (Å²) in [6, 6.07) is 3.09. The van der Waals surface area contributed by atoms with Crippen molar-refractivity contribution in [3.8, 4) is 0 Å². The predicted octanol–water partition coefficient (Wildman–Crippen LogP) is 1.97. The molecule has 0 radical (unpaired) electrons. The van der Waals surface area contributed by atoms with Gasteiger partial charge in [-0.25, -0.2) is 13.2 Å². The second-order valence-electron chi connectivity index (χ2n) is 2.31. The van der Waals surface area contributed by atoms with Crippen LogP contribution in [0.3, 0.4) is 0 Å². The van der Waals surface area contributed by atoms with Crippen molar-refractivity contribution in [3.05, 3.63) is 35.4 Å². The van der Waals surface area contributed by atoms with E-state index in [-0.39, 0.29) is 0 Å². The number of benzene rings is 1. The topological polar surface area (TPSA) is 20.2 Å². The molecule has 0 aromatic heterocycles. The molecule has 1 aromatic carbocycles. The first kappa shape index (κ1) is 9.06. The van der Waals surface area contributed by atoms with Gasteiger partial charge in [-0.05, 0) is 12.1 Å². The fraction of sp³-hybridized carbons (Fsp3) is 0.250. The summed E-state index contributed by atoms with van der Waals surface area (Å²) >= 11 is 0. The second kappa shape index (κ2) is 3.58. The van der Waals surface area contributed by atoms with Crippen LogP contribution in [0.25, 0.3) is 0 Å². The van der Waals surface area contributed by atoms with E-state index in [1.165, 1.54) is 0 Å². The van der Waals surface area contributed by atoms with Gasteiger partial charge in [0.1, 0.15) is 24.4 Å². The van der Waals surface area contributed by atoms with Gasteiger partial charge in [-0.1, -0.05) is 6.07 Å². The van der Waals surface area contributed by atoms with Crippen LogP contribution in [0.4, 0.5) is 13.2 Å². The van der Waals surface area contributed by atoms with E-state index in [1.807, 2.05) is 0 Å². The van der Waals surface area contributed by atoms with Gasteiger partial charge in [0.2, 0.25) is 0 Å². The molecule has 0 aliphatic rings. The molecule has 4 heteroatoms. The quantitative estimate of drug-likeness (QED) is 0.730. The average molecular weight is 176 g/mol. The summed E-state index contributed by atoms with van der Waals surface area (Å²) in [5.41, 5.74) is -0.611. The minimum atomic E-state index is -1.72. The Labute approximate surface area is 67.5 Å². The fourth-order valence-electron chi connectivity index (χ4n) is 0.906. The average Bonchev–Trinajstić information content (AvgIpc) is 2.03. The molecule has 1 rings (SSSR count). The Morgan fingerprint density at radius 2 is 1.75 bits per heavy atom. The summed E-state index contributed by atoms with van der Waals surface area (Å²) in [4.78, 5) is 0. The number of halogens is 3. The third-order valence-electron chi connectivity index (χ3n) is 1.48. The van der Waals surface area contributed by atoms with Crippen LogP contribution in [0.5, 0.6) is 0 Å². The van der Waals surface area contributed by atoms with Crippen molar-refractivity contribution in [3.63, 3.8) is 0 Å². The van der Waals surface area contributed by atoms with E-state index < -0.39 is 30.0 Å². The molecule has 1 atom stereocenters. The van der Waals surface area contributed by atoms with Crippen molar-refractivity contribution in [2.24, 2.45) is 0 Å². The van der Waals surface area contributed by atoms with Crippen molar-refractivity contribution in [2.75, 3.05) is 6.67 Å². The van der Waals surface area contributed by atoms with Gasteiger partial charge in [0, 0.05) is 0 Å². The lowest BCUT2D eigenvalue weighted by atomic mass is 10.1. The van der Waals surface area contributed by atoms with Gasteiger partial charge in [0.25, 0.3) is 0 Å². The van der Waals surface area contributed by atoms with Gasteiger partial charge in [-0.15, -0.1) is 0 Å². The third-order valence-corrected chi connectivity index (χ3v) is 1.48. The van der Waals surface area contributed by atoms with Crippen molar-refractivity contribution >= 4 is 0 Å². The molecule has 0 bridgehead atoms. The fourth-order valence-corrected chi connectivity index (χ4v) is 0.906. The summed E-state index contributed by atoms with van der Waals surface area (Å²) in [6.07, 6.45) is -1.72. The van der Waals surface area contributed by atoms with E-state index in [1.54, 1.807) is 0 Å². The predicted molar refractivity (Wildman–Crippen MR) is 37.3 cm³/mol. The summed E-state index contributed by atoms with van der Waals surface area (Å²) in [7, 11) is 0. The van der Waals surface area contributed by atoms with Crippen LogP contribution < -0.4 is 0 Å². The molecule has 0 saturated heterocycles. The van der Waals surface area contributed by atoms with E-state index in [0.29, 0.717) is 0 Å². The van der Waals surface area contributed by atoms with Crippen LogP contribution in [0.15, 0.2) is 18.2 Å². The zero-order valence-corrected chi connectivity index (χ0v) is 6.10. The Morgan fingerprint density at radius 1 is 1.25 bits per heavy atom. The molecular weight excluding hydrogens is 169 g/mol. The van der Waals surface area contributed by atoms with Crippen LogP contribution >= 0.6 is 0 Å². The molecule has 66 valence electrons. The van der Waals surface area contributed by atoms with Gasteiger partial charge in [-0.2, -0.15) is 0 Å². The van der Waals surface area contributed by atoms with Crippen LogP contribution in [0.1, 0.15) is 11.7 Å². The van der Waals surface area contributed by atoms with Crippen LogP contribution in [-0.2, 0) is 0 Å². The number of aliphatic hydroxyl groups excluding tert-OH is 1. The SMILES string of the molecule is OC(CF)c1c(F)cccc1F. The van der Waals surface area contributed by atoms with Gasteiger partial charge in [0.15, 0.2) is 0 Å². The van der Waals surface area contributed by atoms with Gasteiger partial charge >= 0.3 is 0 Å². The first-order chi connectivity index (χ1) is 5.66. The number of hydrogen-bond acceptors (Lipinski definition) is 1. The van der Waals surface area contributed by atoms with Crippen molar-refractivity contribution < 1.29 is 18.3 Å². The first-order valence-electron chi connectivity index (χ1n) is 3.34. The highest BCUT2D eigenvalue weighted by molar-refractivity contribution is 5.21. The number of aliphatic hydroxyl groups is 1. The molecular formula is C8H7F3O. The molecule has 1 nitrogen and oxygen atoms in total. The van der Waals surface area contributed by atoms with E-state index in [9.17, 15) is 13.2 Å². The zero-order valence-electron chi connectivity index (χ0n) is 6.10. The molecule has 0 fully saturated rings. The highest BCUT2D eigenvalue weighted by Gasteiger charge is 2.16. The normalized spacial score (nSPS) is 13.0. The van der Waals surface area contributed by atoms with Crippen molar-refractivity contribution in [1.29, 1.82) is 0 Å². The van der Waals surface area contributed by atoms with Crippen LogP contribution in [0, 0.1) is 11.6 Å². The van der Waals surface area contributed by atoms with E-state index in [0.717, 1.165) is 18.2 Å². The number of hydrogen-bond donors (Lipinski definition) is 1. The van der Waals surface area contributed by atoms with Crippen LogP contribution in [-0.4, -0.2) is 11.8 Å². The van der Waals surface area contributed by atoms with Crippen molar-refractivity contribution in [2.45, 2.75) is 6.10 Å². The Balaban J connectivity index is 3.12. The van der Waals surface area contributed by atoms with E-state index in [4.69, 9.17) is 5.11 Å². The van der Waals surface area contributed by atoms with E-state index in [2.05, 4.69) is 0 Å². The molecule has 1 unspecified atom stereocenters. The molecule has 1 N–H and O–H groups in total. The number of alkyl halides is 1. The first-order valence-corrected chi connectivity index (χ1v) is 3.34. The van der Waals surface area contributed by atoms with Gasteiger partial charge in [-0.3, -0.25) is 0 Å². The van der Waals surface area contributed by atoms with Gasteiger partial charge < -0.3 is 5.11 Å². The molecule has 0 spiro atoms. The standard InChI is InChI=1S/C8H7F3O/c9-4-7(12)8-5(10)2-1-3-6(8)11/h1-3,7,12H,4H2. The van der Waals surface area contributed by atoms with E-state index >= 15 is 0 Å². The lowest BCUT2D eigenvalue weighted by molar-refractivity contribution is 0.133. The molecule has 0 aliphatic carbocycles. The molecule has 1 aromatic rings. The molecule has 0 aliphatic heterocycles. The highest BCUT2D eigenvalue weighted by atomic mass is 19.1. The Bertz CT molecular complexity index is 255. The molecule has 0 heterocycles. The second-order valence-corrected chi connectivity index (χ2v) is 2.31. The minimum Gasteiger partial charge on any atom is -0.385 e. The lowest BCUT2D eigenvalue weighted by Gasteiger charge is -2.07. The zero-order chi connectivity index (χ0) is 9.14. The molecule has 0 saturated carbocycles. The maximum Gasteiger partial charge on any atom is 0.132 e. The summed E-state index contributed by atoms with van der Waals surface area (Å²) in [6.45, 7) is -1.20. The smallest absolute Gasteiger partial charge is 0.132 e. The molecule has 0 amide bonds. The number of rotatable bonds is 2. The Morgan fingerprint density at radius 3 is 2.17 bits per heavy atom. The summed E-state index contributed by atoms with van der Waals surface area (Å²) < 4.78 is 37.3.